The number of hydrogen-bond acceptors (Lipinski definition) is 5. The number of anilines is 1. The number of morpholine rings is 1. The van der Waals surface area contributed by atoms with Crippen LogP contribution in [0.15, 0.2) is 48.5 Å². The van der Waals surface area contributed by atoms with Crippen LogP contribution < -0.4 is 9.62 Å². The fourth-order valence-corrected chi connectivity index (χ4v) is 5.38. The van der Waals surface area contributed by atoms with E-state index in [1.54, 1.807) is 0 Å². The lowest BCUT2D eigenvalue weighted by molar-refractivity contribution is 0.0172. The molecule has 0 unspecified atom stereocenters. The number of benzene rings is 2. The molecule has 2 aliphatic rings. The number of aryl methyl sites for hydroxylation is 1. The van der Waals surface area contributed by atoms with E-state index in [4.69, 9.17) is 4.74 Å². The molecule has 0 bridgehead atoms. The lowest BCUT2D eigenvalue weighted by Gasteiger charge is -2.35. The largest absolute Gasteiger partial charge is 0.379 e. The van der Waals surface area contributed by atoms with Crippen molar-refractivity contribution in [1.82, 2.24) is 9.62 Å². The summed E-state index contributed by atoms with van der Waals surface area (Å²) in [7, 11) is -1.24. The molecule has 2 aliphatic heterocycles. The zero-order valence-electron chi connectivity index (χ0n) is 17.6. The van der Waals surface area contributed by atoms with Gasteiger partial charge in [-0.15, -0.1) is 0 Å². The molecule has 0 aliphatic carbocycles. The van der Waals surface area contributed by atoms with E-state index in [0.29, 0.717) is 26.2 Å². The quantitative estimate of drug-likeness (QED) is 0.697. The fourth-order valence-electron chi connectivity index (χ4n) is 4.32. The zero-order chi connectivity index (χ0) is 21.0. The second kappa shape index (κ2) is 9.47. The van der Waals surface area contributed by atoms with Gasteiger partial charge in [-0.1, -0.05) is 42.5 Å². The summed E-state index contributed by atoms with van der Waals surface area (Å²) in [5.74, 6) is 0.0990. The predicted molar refractivity (Wildman–Crippen MR) is 120 cm³/mol. The lowest BCUT2D eigenvalue weighted by atomic mass is 10.0. The van der Waals surface area contributed by atoms with Crippen molar-refractivity contribution in [1.29, 1.82) is 0 Å². The summed E-state index contributed by atoms with van der Waals surface area (Å²) in [6.07, 6.45) is 1.56. The molecule has 1 atom stereocenters. The molecular weight excluding hydrogens is 398 g/mol. The second-order valence-electron chi connectivity index (χ2n) is 8.13. The van der Waals surface area contributed by atoms with Crippen molar-refractivity contribution >= 4 is 15.7 Å². The predicted octanol–water partition coefficient (Wildman–Crippen LogP) is 2.21. The van der Waals surface area contributed by atoms with Gasteiger partial charge in [0.15, 0.2) is 0 Å². The third kappa shape index (κ3) is 5.21. The minimum atomic E-state index is -3.36. The van der Waals surface area contributed by atoms with Gasteiger partial charge >= 0.3 is 0 Å². The van der Waals surface area contributed by atoms with Crippen LogP contribution in [0, 0.1) is 0 Å². The minimum Gasteiger partial charge on any atom is -0.379 e. The van der Waals surface area contributed by atoms with Crippen LogP contribution in [0.5, 0.6) is 0 Å². The summed E-state index contributed by atoms with van der Waals surface area (Å²) in [5.41, 5.74) is 4.84. The Kier molecular flexibility index (Phi) is 6.73. The van der Waals surface area contributed by atoms with Crippen LogP contribution in [0.25, 0.3) is 0 Å². The molecule has 0 saturated carbocycles. The molecule has 30 heavy (non-hydrogen) atoms. The van der Waals surface area contributed by atoms with Crippen LogP contribution in [0.1, 0.15) is 22.7 Å². The third-order valence-electron chi connectivity index (χ3n) is 6.10. The van der Waals surface area contributed by atoms with Crippen LogP contribution in [-0.2, 0) is 27.6 Å². The molecule has 0 radical (unpaired) electrons. The fraction of sp³-hybridized carbons (Fsp3) is 0.478. The van der Waals surface area contributed by atoms with E-state index in [1.165, 1.54) is 16.8 Å². The Hall–Kier alpha value is -1.93. The van der Waals surface area contributed by atoms with Gasteiger partial charge in [0.05, 0.1) is 19.0 Å². The van der Waals surface area contributed by atoms with Gasteiger partial charge < -0.3 is 9.64 Å². The van der Waals surface area contributed by atoms with Crippen molar-refractivity contribution in [2.75, 3.05) is 57.1 Å². The summed E-state index contributed by atoms with van der Waals surface area (Å²) < 4.78 is 33.8. The van der Waals surface area contributed by atoms with Crippen molar-refractivity contribution in [3.63, 3.8) is 0 Å². The van der Waals surface area contributed by atoms with Gasteiger partial charge in [-0.25, -0.2) is 13.1 Å². The van der Waals surface area contributed by atoms with Crippen LogP contribution >= 0.6 is 0 Å². The number of ether oxygens (including phenoxy) is 1. The third-order valence-corrected chi connectivity index (χ3v) is 7.45. The lowest BCUT2D eigenvalue weighted by Crippen LogP contribution is -2.44. The average molecular weight is 430 g/mol. The van der Waals surface area contributed by atoms with E-state index < -0.39 is 10.0 Å². The molecule has 2 aromatic rings. The molecule has 6 nitrogen and oxygen atoms in total. The molecule has 7 heteroatoms. The van der Waals surface area contributed by atoms with Crippen molar-refractivity contribution in [3.8, 4) is 0 Å². The van der Waals surface area contributed by atoms with Gasteiger partial charge in [0.1, 0.15) is 0 Å². The maximum Gasteiger partial charge on any atom is 0.211 e. The maximum atomic E-state index is 12.7. The standard InChI is InChI=1S/C23H31N3O3S/c1-25-11-9-21-17-20(7-8-22(21)25)23(26-12-14-29-15-13-26)18-24-30(27,28)16-10-19-5-3-2-4-6-19/h2-8,17,23-24H,9-16,18H2,1H3/t23-/m0/s1. The van der Waals surface area contributed by atoms with Crippen LogP contribution in [0.4, 0.5) is 5.69 Å². The molecule has 0 amide bonds. The number of fused-ring (bicyclic) bond motifs is 1. The molecular formula is C23H31N3O3S. The first-order chi connectivity index (χ1) is 14.5. The Morgan fingerprint density at radius 3 is 2.60 bits per heavy atom. The van der Waals surface area contributed by atoms with Crippen molar-refractivity contribution in [2.45, 2.75) is 18.9 Å². The normalized spacial score (nSPS) is 18.4. The van der Waals surface area contributed by atoms with E-state index in [-0.39, 0.29) is 11.8 Å². The number of nitrogens with one attached hydrogen (secondary N) is 1. The molecule has 162 valence electrons. The highest BCUT2D eigenvalue weighted by molar-refractivity contribution is 7.89. The van der Waals surface area contributed by atoms with E-state index in [2.05, 4.69) is 39.8 Å². The Morgan fingerprint density at radius 2 is 1.83 bits per heavy atom. The van der Waals surface area contributed by atoms with E-state index in [1.807, 2.05) is 30.3 Å². The Balaban J connectivity index is 1.46. The highest BCUT2D eigenvalue weighted by atomic mass is 32.2. The summed E-state index contributed by atoms with van der Waals surface area (Å²) in [4.78, 5) is 4.61. The van der Waals surface area contributed by atoms with Gasteiger partial charge in [0.25, 0.3) is 0 Å². The van der Waals surface area contributed by atoms with Gasteiger partial charge in [0.2, 0.25) is 10.0 Å². The highest BCUT2D eigenvalue weighted by Crippen LogP contribution is 2.31. The first kappa shape index (κ1) is 21.3. The minimum absolute atomic E-state index is 0.0107. The highest BCUT2D eigenvalue weighted by Gasteiger charge is 2.26. The monoisotopic (exact) mass is 429 g/mol. The topological polar surface area (TPSA) is 61.9 Å². The van der Waals surface area contributed by atoms with Gasteiger partial charge in [0, 0.05) is 45.0 Å². The van der Waals surface area contributed by atoms with Crippen LogP contribution in [0.3, 0.4) is 0 Å². The number of sulfonamides is 1. The smallest absolute Gasteiger partial charge is 0.211 e. The van der Waals surface area contributed by atoms with Gasteiger partial charge in [-0.3, -0.25) is 4.90 Å². The van der Waals surface area contributed by atoms with Crippen molar-refractivity contribution < 1.29 is 13.2 Å². The first-order valence-corrected chi connectivity index (χ1v) is 12.3. The number of rotatable bonds is 8. The maximum absolute atomic E-state index is 12.7. The molecule has 1 N–H and O–H groups in total. The van der Waals surface area contributed by atoms with E-state index in [9.17, 15) is 8.42 Å². The van der Waals surface area contributed by atoms with Crippen LogP contribution in [-0.4, -0.2) is 65.5 Å². The Morgan fingerprint density at radius 1 is 1.07 bits per heavy atom. The number of likely N-dealkylation sites (N-methyl/N-ethyl adjacent to an activating group) is 1. The molecule has 2 aromatic carbocycles. The molecule has 1 saturated heterocycles. The summed E-state index contributed by atoms with van der Waals surface area (Å²) in [5, 5.41) is 0. The Labute approximate surface area is 179 Å². The molecule has 0 aromatic heterocycles. The molecule has 1 fully saturated rings. The second-order valence-corrected chi connectivity index (χ2v) is 10.1. The van der Waals surface area contributed by atoms with Crippen molar-refractivity contribution in [2.24, 2.45) is 0 Å². The van der Waals surface area contributed by atoms with E-state index >= 15 is 0 Å². The summed E-state index contributed by atoms with van der Waals surface area (Å²) >= 11 is 0. The SMILES string of the molecule is CN1CCc2cc([C@H](CNS(=O)(=O)CCc3ccccc3)N3CCOCC3)ccc21. The van der Waals surface area contributed by atoms with E-state index in [0.717, 1.165) is 31.6 Å². The molecule has 0 spiro atoms. The van der Waals surface area contributed by atoms with Gasteiger partial charge in [-0.2, -0.15) is 0 Å². The number of nitrogens with zero attached hydrogens (tertiary/aromatic N) is 2. The first-order valence-electron chi connectivity index (χ1n) is 10.7. The van der Waals surface area contributed by atoms with Crippen LogP contribution in [0.2, 0.25) is 0 Å². The average Bonchev–Trinajstić information content (AvgIpc) is 3.14. The summed E-state index contributed by atoms with van der Waals surface area (Å²) in [6.45, 7) is 4.41. The zero-order valence-corrected chi connectivity index (χ0v) is 18.4. The number of hydrogen-bond donors (Lipinski definition) is 1. The Bertz CT molecular complexity index is 943. The van der Waals surface area contributed by atoms with Gasteiger partial charge in [-0.05, 0) is 35.6 Å². The van der Waals surface area contributed by atoms with Crippen molar-refractivity contribution in [3.05, 3.63) is 65.2 Å². The molecule has 4 rings (SSSR count). The summed E-state index contributed by atoms with van der Waals surface area (Å²) in [6, 6.07) is 16.4. The molecule has 2 heterocycles.